The van der Waals surface area contributed by atoms with Crippen molar-refractivity contribution in [3.05, 3.63) is 17.4 Å². The molecule has 0 aliphatic carbocycles. The van der Waals surface area contributed by atoms with Crippen molar-refractivity contribution in [3.63, 3.8) is 0 Å². The SMILES string of the molecule is CS(=O)(=O)NC[C@H]1OC[C@@H]2CCN(C(=O)Cn3cc(Cl)cn3)C[C@@H]21. The van der Waals surface area contributed by atoms with Crippen LogP contribution in [0.25, 0.3) is 0 Å². The topological polar surface area (TPSA) is 93.5 Å². The first-order chi connectivity index (χ1) is 11.3. The van der Waals surface area contributed by atoms with Crippen LogP contribution in [0.15, 0.2) is 12.4 Å². The quantitative estimate of drug-likeness (QED) is 0.777. The van der Waals surface area contributed by atoms with Crippen LogP contribution in [0, 0.1) is 11.8 Å². The molecule has 2 aliphatic rings. The first-order valence-electron chi connectivity index (χ1n) is 7.84. The third kappa shape index (κ3) is 4.27. The Labute approximate surface area is 146 Å². The number of nitrogens with zero attached hydrogens (tertiary/aromatic N) is 3. The molecular weight excluding hydrogens is 356 g/mol. The normalized spacial score (nSPS) is 27.2. The number of carbonyl (C=O) groups is 1. The molecule has 0 radical (unpaired) electrons. The van der Waals surface area contributed by atoms with Gasteiger partial charge in [0.15, 0.2) is 0 Å². The molecule has 8 nitrogen and oxygen atoms in total. The molecule has 134 valence electrons. The second-order valence-corrected chi connectivity index (χ2v) is 8.67. The average Bonchev–Trinajstić information content (AvgIpc) is 3.10. The van der Waals surface area contributed by atoms with Gasteiger partial charge in [0.2, 0.25) is 15.9 Å². The summed E-state index contributed by atoms with van der Waals surface area (Å²) in [5.41, 5.74) is 0. The minimum Gasteiger partial charge on any atom is -0.376 e. The summed E-state index contributed by atoms with van der Waals surface area (Å²) in [6.07, 6.45) is 4.92. The van der Waals surface area contributed by atoms with Crippen molar-refractivity contribution in [2.75, 3.05) is 32.5 Å². The van der Waals surface area contributed by atoms with Gasteiger partial charge in [-0.15, -0.1) is 0 Å². The number of likely N-dealkylation sites (tertiary alicyclic amines) is 1. The molecular formula is C14H21ClN4O4S. The number of ether oxygens (including phenoxy) is 1. The van der Waals surface area contributed by atoms with Crippen molar-refractivity contribution in [1.29, 1.82) is 0 Å². The number of hydrogen-bond donors (Lipinski definition) is 1. The van der Waals surface area contributed by atoms with E-state index in [4.69, 9.17) is 16.3 Å². The molecule has 1 amide bonds. The molecule has 3 rings (SSSR count). The van der Waals surface area contributed by atoms with E-state index in [1.54, 1.807) is 11.1 Å². The zero-order chi connectivity index (χ0) is 17.3. The Hall–Kier alpha value is -1.16. The van der Waals surface area contributed by atoms with E-state index in [1.807, 2.05) is 0 Å². The molecule has 0 saturated carbocycles. The molecule has 1 aromatic heterocycles. The maximum absolute atomic E-state index is 12.5. The van der Waals surface area contributed by atoms with Crippen LogP contribution in [0.4, 0.5) is 0 Å². The smallest absolute Gasteiger partial charge is 0.244 e. The second kappa shape index (κ2) is 6.99. The van der Waals surface area contributed by atoms with Crippen LogP contribution < -0.4 is 4.72 Å². The standard InChI is InChI=1S/C14H21ClN4O4S/c1-24(21,22)17-5-13-12-7-18(3-2-10(12)9-23-13)14(20)8-19-6-11(15)4-16-19/h4,6,10,12-13,17H,2-3,5,7-9H2,1H3/t10-,12-,13+/m0/s1. The number of hydrogen-bond acceptors (Lipinski definition) is 5. The van der Waals surface area contributed by atoms with Gasteiger partial charge in [0.1, 0.15) is 6.54 Å². The maximum Gasteiger partial charge on any atom is 0.244 e. The molecule has 24 heavy (non-hydrogen) atoms. The molecule has 2 aliphatic heterocycles. The Balaban J connectivity index is 1.59. The van der Waals surface area contributed by atoms with Crippen LogP contribution in [-0.4, -0.2) is 67.6 Å². The van der Waals surface area contributed by atoms with Crippen molar-refractivity contribution in [1.82, 2.24) is 19.4 Å². The zero-order valence-electron chi connectivity index (χ0n) is 13.4. The highest BCUT2D eigenvalue weighted by molar-refractivity contribution is 7.88. The molecule has 1 N–H and O–H groups in total. The number of fused-ring (bicyclic) bond motifs is 1. The van der Waals surface area contributed by atoms with E-state index in [1.165, 1.54) is 10.9 Å². The predicted molar refractivity (Wildman–Crippen MR) is 88.0 cm³/mol. The van der Waals surface area contributed by atoms with Gasteiger partial charge in [0.05, 0.1) is 30.2 Å². The Morgan fingerprint density at radius 1 is 1.54 bits per heavy atom. The maximum atomic E-state index is 12.5. The molecule has 3 atom stereocenters. The number of halogens is 1. The Morgan fingerprint density at radius 3 is 3.00 bits per heavy atom. The van der Waals surface area contributed by atoms with Gasteiger partial charge in [0, 0.05) is 31.7 Å². The van der Waals surface area contributed by atoms with Gasteiger partial charge in [-0.25, -0.2) is 13.1 Å². The number of carbonyl (C=O) groups excluding carboxylic acids is 1. The number of sulfonamides is 1. The first-order valence-corrected chi connectivity index (χ1v) is 10.1. The molecule has 3 heterocycles. The summed E-state index contributed by atoms with van der Waals surface area (Å²) in [7, 11) is -3.25. The molecule has 0 aromatic carbocycles. The summed E-state index contributed by atoms with van der Waals surface area (Å²) >= 11 is 5.81. The van der Waals surface area contributed by atoms with E-state index in [9.17, 15) is 13.2 Å². The van der Waals surface area contributed by atoms with Gasteiger partial charge < -0.3 is 9.64 Å². The number of amides is 1. The molecule has 0 spiro atoms. The molecule has 10 heteroatoms. The van der Waals surface area contributed by atoms with Crippen LogP contribution in [0.2, 0.25) is 5.02 Å². The number of piperidine rings is 1. The number of aromatic nitrogens is 2. The fourth-order valence-electron chi connectivity index (χ4n) is 3.36. The van der Waals surface area contributed by atoms with E-state index in [0.717, 1.165) is 12.7 Å². The van der Waals surface area contributed by atoms with Gasteiger partial charge in [-0.05, 0) is 12.3 Å². The summed E-state index contributed by atoms with van der Waals surface area (Å²) in [6, 6.07) is 0. The van der Waals surface area contributed by atoms with E-state index < -0.39 is 10.0 Å². The van der Waals surface area contributed by atoms with Gasteiger partial charge >= 0.3 is 0 Å². The predicted octanol–water partition coefficient (Wildman–Crippen LogP) is -0.0508. The molecule has 1 aromatic rings. The summed E-state index contributed by atoms with van der Waals surface area (Å²) in [5.74, 6) is 0.507. The summed E-state index contributed by atoms with van der Waals surface area (Å²) in [5, 5.41) is 4.52. The average molecular weight is 377 g/mol. The largest absolute Gasteiger partial charge is 0.376 e. The lowest BCUT2D eigenvalue weighted by atomic mass is 9.84. The number of rotatable bonds is 5. The third-order valence-electron chi connectivity index (χ3n) is 4.61. The lowest BCUT2D eigenvalue weighted by molar-refractivity contribution is -0.134. The van der Waals surface area contributed by atoms with Crippen LogP contribution in [0.1, 0.15) is 6.42 Å². The van der Waals surface area contributed by atoms with Crippen molar-refractivity contribution < 1.29 is 17.9 Å². The summed E-state index contributed by atoms with van der Waals surface area (Å²) < 4.78 is 32.3. The molecule has 0 bridgehead atoms. The van der Waals surface area contributed by atoms with Gasteiger partial charge in [-0.2, -0.15) is 5.10 Å². The lowest BCUT2D eigenvalue weighted by Crippen LogP contribution is -2.48. The minimum absolute atomic E-state index is 0.0186. The summed E-state index contributed by atoms with van der Waals surface area (Å²) in [4.78, 5) is 14.3. The van der Waals surface area contributed by atoms with E-state index in [2.05, 4.69) is 9.82 Å². The second-order valence-electron chi connectivity index (χ2n) is 6.40. The fourth-order valence-corrected chi connectivity index (χ4v) is 3.99. The Kier molecular flexibility index (Phi) is 5.14. The van der Waals surface area contributed by atoms with Crippen LogP contribution >= 0.6 is 11.6 Å². The lowest BCUT2D eigenvalue weighted by Gasteiger charge is -2.36. The van der Waals surface area contributed by atoms with Crippen LogP contribution in [0.3, 0.4) is 0 Å². The van der Waals surface area contributed by atoms with Gasteiger partial charge in [-0.1, -0.05) is 11.6 Å². The van der Waals surface area contributed by atoms with Gasteiger partial charge in [-0.3, -0.25) is 9.48 Å². The Bertz CT molecular complexity index is 707. The van der Waals surface area contributed by atoms with Crippen molar-refractivity contribution >= 4 is 27.5 Å². The van der Waals surface area contributed by atoms with Crippen LogP contribution in [0.5, 0.6) is 0 Å². The van der Waals surface area contributed by atoms with E-state index in [0.29, 0.717) is 30.6 Å². The minimum atomic E-state index is -3.25. The van der Waals surface area contributed by atoms with E-state index >= 15 is 0 Å². The highest BCUT2D eigenvalue weighted by atomic mass is 35.5. The van der Waals surface area contributed by atoms with Crippen molar-refractivity contribution in [2.45, 2.75) is 19.1 Å². The molecule has 2 fully saturated rings. The van der Waals surface area contributed by atoms with Crippen LogP contribution in [-0.2, 0) is 26.1 Å². The highest BCUT2D eigenvalue weighted by Crippen LogP contribution is 2.34. The summed E-state index contributed by atoms with van der Waals surface area (Å²) in [6.45, 7) is 2.28. The van der Waals surface area contributed by atoms with Crippen molar-refractivity contribution in [2.24, 2.45) is 11.8 Å². The van der Waals surface area contributed by atoms with Crippen molar-refractivity contribution in [3.8, 4) is 0 Å². The first kappa shape index (κ1) is 17.7. The van der Waals surface area contributed by atoms with E-state index in [-0.39, 0.29) is 31.0 Å². The van der Waals surface area contributed by atoms with Gasteiger partial charge in [0.25, 0.3) is 0 Å². The molecule has 2 saturated heterocycles. The third-order valence-corrected chi connectivity index (χ3v) is 5.49. The zero-order valence-corrected chi connectivity index (χ0v) is 15.0. The Morgan fingerprint density at radius 2 is 2.33 bits per heavy atom. The fraction of sp³-hybridized carbons (Fsp3) is 0.714. The monoisotopic (exact) mass is 376 g/mol. The number of nitrogens with one attached hydrogen (secondary N) is 1. The molecule has 0 unspecified atom stereocenters. The highest BCUT2D eigenvalue weighted by Gasteiger charge is 2.42.